The minimum Gasteiger partial charge on any atom is -0.312 e. The first-order valence-electron chi connectivity index (χ1n) is 6.24. The van der Waals surface area contributed by atoms with Crippen molar-refractivity contribution in [1.29, 1.82) is 0 Å². The van der Waals surface area contributed by atoms with E-state index in [1.807, 2.05) is 13.8 Å². The largest absolute Gasteiger partial charge is 0.312 e. The molecule has 0 bridgehead atoms. The van der Waals surface area contributed by atoms with Crippen LogP contribution in [0, 0.1) is 6.92 Å². The van der Waals surface area contributed by atoms with E-state index in [-0.39, 0.29) is 4.90 Å². The molecule has 2 aromatic heterocycles. The Balaban J connectivity index is 2.16. The molecule has 0 aliphatic heterocycles. The molecule has 0 spiro atoms. The van der Waals surface area contributed by atoms with Gasteiger partial charge in [0.2, 0.25) is 0 Å². The molecule has 2 rings (SSSR count). The van der Waals surface area contributed by atoms with Crippen LogP contribution >= 0.6 is 11.3 Å². The van der Waals surface area contributed by atoms with Crippen LogP contribution in [-0.2, 0) is 16.6 Å². The Bertz CT molecular complexity index is 680. The second-order valence-corrected chi connectivity index (χ2v) is 7.06. The van der Waals surface area contributed by atoms with Gasteiger partial charge in [-0.05, 0) is 31.2 Å². The number of pyridine rings is 1. The summed E-state index contributed by atoms with van der Waals surface area (Å²) < 4.78 is 27.0. The summed E-state index contributed by atoms with van der Waals surface area (Å²) in [5.74, 6) is 0. The second kappa shape index (κ2) is 6.34. The van der Waals surface area contributed by atoms with Gasteiger partial charge in [0, 0.05) is 23.0 Å². The summed E-state index contributed by atoms with van der Waals surface area (Å²) in [5, 5.41) is 4.82. The molecule has 0 aliphatic carbocycles. The smallest absolute Gasteiger partial charge is 0.262 e. The zero-order valence-corrected chi connectivity index (χ0v) is 13.0. The number of nitrogens with zero attached hydrogens (tertiary/aromatic N) is 1. The first kappa shape index (κ1) is 15.0. The molecule has 0 aliphatic rings. The van der Waals surface area contributed by atoms with Crippen LogP contribution < -0.4 is 10.0 Å². The van der Waals surface area contributed by atoms with E-state index in [2.05, 4.69) is 15.0 Å². The Labute approximate surface area is 123 Å². The molecule has 5 nitrogen and oxygen atoms in total. The monoisotopic (exact) mass is 311 g/mol. The molecule has 2 N–H and O–H groups in total. The Morgan fingerprint density at radius 3 is 2.80 bits per heavy atom. The van der Waals surface area contributed by atoms with E-state index < -0.39 is 10.0 Å². The summed E-state index contributed by atoms with van der Waals surface area (Å²) in [4.78, 5) is 5.26. The lowest BCUT2D eigenvalue weighted by Gasteiger charge is -2.06. The highest BCUT2D eigenvalue weighted by atomic mass is 32.2. The maximum Gasteiger partial charge on any atom is 0.262 e. The van der Waals surface area contributed by atoms with Crippen LogP contribution in [0.2, 0.25) is 0 Å². The van der Waals surface area contributed by atoms with Crippen molar-refractivity contribution < 1.29 is 8.42 Å². The van der Waals surface area contributed by atoms with Crippen LogP contribution in [0.4, 0.5) is 5.69 Å². The quantitative estimate of drug-likeness (QED) is 0.859. The third-order valence-corrected chi connectivity index (χ3v) is 5.06. The minimum atomic E-state index is -3.54. The minimum absolute atomic E-state index is 0.289. The summed E-state index contributed by atoms with van der Waals surface area (Å²) >= 11 is 1.43. The standard InChI is InChI=1S/C13H17N3O2S2/c1-3-14-8-12-5-13(9-19-12)20(17,18)16-11-4-10(2)6-15-7-11/h4-7,9,14,16H,3,8H2,1-2H3. The highest BCUT2D eigenvalue weighted by Crippen LogP contribution is 2.22. The average molecular weight is 311 g/mol. The van der Waals surface area contributed by atoms with Gasteiger partial charge in [-0.3, -0.25) is 9.71 Å². The first-order chi connectivity index (χ1) is 9.51. The number of aryl methyl sites for hydroxylation is 1. The van der Waals surface area contributed by atoms with Gasteiger partial charge in [-0.2, -0.15) is 0 Å². The zero-order chi connectivity index (χ0) is 14.6. The predicted octanol–water partition coefficient (Wildman–Crippen LogP) is 2.36. The summed E-state index contributed by atoms with van der Waals surface area (Å²) in [6.45, 7) is 5.41. The maximum atomic E-state index is 12.2. The maximum absolute atomic E-state index is 12.2. The van der Waals surface area contributed by atoms with Crippen LogP contribution in [0.25, 0.3) is 0 Å². The van der Waals surface area contributed by atoms with Crippen molar-refractivity contribution in [2.45, 2.75) is 25.3 Å². The Morgan fingerprint density at radius 1 is 1.30 bits per heavy atom. The Kier molecular flexibility index (Phi) is 4.74. The van der Waals surface area contributed by atoms with Gasteiger partial charge in [0.1, 0.15) is 0 Å². The molecule has 0 saturated heterocycles. The lowest BCUT2D eigenvalue weighted by molar-refractivity contribution is 0.601. The van der Waals surface area contributed by atoms with Crippen molar-refractivity contribution in [2.75, 3.05) is 11.3 Å². The Morgan fingerprint density at radius 2 is 2.10 bits per heavy atom. The molecule has 0 amide bonds. The molecule has 0 unspecified atom stereocenters. The van der Waals surface area contributed by atoms with Gasteiger partial charge in [-0.1, -0.05) is 6.92 Å². The number of aromatic nitrogens is 1. The van der Waals surface area contributed by atoms with Gasteiger partial charge < -0.3 is 5.32 Å². The van der Waals surface area contributed by atoms with Crippen molar-refractivity contribution in [1.82, 2.24) is 10.3 Å². The van der Waals surface area contributed by atoms with E-state index in [4.69, 9.17) is 0 Å². The van der Waals surface area contributed by atoms with Crippen LogP contribution in [0.5, 0.6) is 0 Å². The molecule has 7 heteroatoms. The fraction of sp³-hybridized carbons (Fsp3) is 0.308. The average Bonchev–Trinajstić information content (AvgIpc) is 2.85. The second-order valence-electron chi connectivity index (χ2n) is 4.39. The van der Waals surface area contributed by atoms with Crippen molar-refractivity contribution in [3.05, 3.63) is 40.3 Å². The molecule has 0 saturated carbocycles. The number of rotatable bonds is 6. The van der Waals surface area contributed by atoms with Crippen LogP contribution in [0.3, 0.4) is 0 Å². The lowest BCUT2D eigenvalue weighted by atomic mass is 10.3. The molecular formula is C13H17N3O2S2. The van der Waals surface area contributed by atoms with Crippen molar-refractivity contribution in [3.63, 3.8) is 0 Å². The number of nitrogens with one attached hydrogen (secondary N) is 2. The summed E-state index contributed by atoms with van der Waals surface area (Å²) in [6.07, 6.45) is 3.17. The zero-order valence-electron chi connectivity index (χ0n) is 11.4. The third-order valence-electron chi connectivity index (χ3n) is 2.62. The van der Waals surface area contributed by atoms with Crippen LogP contribution in [0.15, 0.2) is 34.8 Å². The predicted molar refractivity (Wildman–Crippen MR) is 81.5 cm³/mol. The van der Waals surface area contributed by atoms with E-state index in [1.165, 1.54) is 17.5 Å². The number of thiophene rings is 1. The highest BCUT2D eigenvalue weighted by molar-refractivity contribution is 7.92. The molecular weight excluding hydrogens is 294 g/mol. The summed E-state index contributed by atoms with van der Waals surface area (Å²) in [5.41, 5.74) is 1.38. The van der Waals surface area contributed by atoms with Crippen molar-refractivity contribution in [3.8, 4) is 0 Å². The molecule has 0 aromatic carbocycles. The molecule has 0 fully saturated rings. The van der Waals surface area contributed by atoms with Crippen molar-refractivity contribution in [2.24, 2.45) is 0 Å². The molecule has 2 heterocycles. The van der Waals surface area contributed by atoms with E-state index in [9.17, 15) is 8.42 Å². The van der Waals surface area contributed by atoms with Crippen molar-refractivity contribution >= 4 is 27.0 Å². The SMILES string of the molecule is CCNCc1cc(S(=O)(=O)Nc2cncc(C)c2)cs1. The van der Waals surface area contributed by atoms with Gasteiger partial charge >= 0.3 is 0 Å². The van der Waals surface area contributed by atoms with E-state index in [0.29, 0.717) is 12.2 Å². The highest BCUT2D eigenvalue weighted by Gasteiger charge is 2.16. The lowest BCUT2D eigenvalue weighted by Crippen LogP contribution is -2.13. The number of anilines is 1. The fourth-order valence-corrected chi connectivity index (χ4v) is 3.95. The van der Waals surface area contributed by atoms with Crippen LogP contribution in [-0.4, -0.2) is 19.9 Å². The van der Waals surface area contributed by atoms with Gasteiger partial charge in [-0.25, -0.2) is 8.42 Å². The molecule has 2 aromatic rings. The summed E-state index contributed by atoms with van der Waals surface area (Å²) in [7, 11) is -3.54. The van der Waals surface area contributed by atoms with Gasteiger partial charge in [0.25, 0.3) is 10.0 Å². The Hall–Kier alpha value is -1.44. The number of hydrogen-bond acceptors (Lipinski definition) is 5. The summed E-state index contributed by atoms with van der Waals surface area (Å²) in [6, 6.07) is 3.44. The molecule has 0 radical (unpaired) electrons. The topological polar surface area (TPSA) is 71.1 Å². The first-order valence-corrected chi connectivity index (χ1v) is 8.60. The normalized spacial score (nSPS) is 11.5. The third kappa shape index (κ3) is 3.78. The van der Waals surface area contributed by atoms with Gasteiger partial charge in [0.05, 0.1) is 16.8 Å². The number of hydrogen-bond donors (Lipinski definition) is 2. The van der Waals surface area contributed by atoms with E-state index >= 15 is 0 Å². The number of sulfonamides is 1. The van der Waals surface area contributed by atoms with E-state index in [0.717, 1.165) is 17.0 Å². The molecule has 20 heavy (non-hydrogen) atoms. The van der Waals surface area contributed by atoms with Gasteiger partial charge in [-0.15, -0.1) is 11.3 Å². The van der Waals surface area contributed by atoms with Crippen LogP contribution in [0.1, 0.15) is 17.4 Å². The fourth-order valence-electron chi connectivity index (χ4n) is 1.67. The van der Waals surface area contributed by atoms with Gasteiger partial charge in [0.15, 0.2) is 0 Å². The van der Waals surface area contributed by atoms with E-state index in [1.54, 1.807) is 23.7 Å². The molecule has 0 atom stereocenters. The molecule has 108 valence electrons.